The smallest absolute Gasteiger partial charge is 0.183 e. The summed E-state index contributed by atoms with van der Waals surface area (Å²) in [4.78, 5) is 12.7. The summed E-state index contributed by atoms with van der Waals surface area (Å²) in [7, 11) is 0. The zero-order chi connectivity index (χ0) is 13.5. The Kier molecular flexibility index (Phi) is 4.48. The van der Waals surface area contributed by atoms with Crippen LogP contribution in [0.1, 0.15) is 0 Å². The predicted octanol–water partition coefficient (Wildman–Crippen LogP) is 2.56. The third-order valence-corrected chi connectivity index (χ3v) is 2.84. The number of rotatable bonds is 2. The average molecular weight is 269 g/mol. The first-order chi connectivity index (χ1) is 9.33. The normalized spacial score (nSPS) is 10.8. The molecule has 1 aromatic heterocycles. The van der Waals surface area contributed by atoms with Gasteiger partial charge in [0.15, 0.2) is 17.2 Å². The fourth-order valence-electron chi connectivity index (χ4n) is 1.45. The minimum absolute atomic E-state index is 0.550. The molecule has 0 amide bonds. The van der Waals surface area contributed by atoms with Crippen LogP contribution in [0.25, 0.3) is 11.4 Å². The van der Waals surface area contributed by atoms with Crippen molar-refractivity contribution in [3.8, 4) is 17.6 Å². The molecule has 0 aliphatic heterocycles. The lowest BCUT2D eigenvalue weighted by Gasteiger charge is -2.02. The number of aromatic nitrogens is 2. The molecular weight excluding hydrogens is 258 g/mol. The largest absolute Gasteiger partial charge is 0.271 e. The molecule has 0 unspecified atom stereocenters. The summed E-state index contributed by atoms with van der Waals surface area (Å²) in [6, 6.07) is 9.32. The topological polar surface area (TPSA) is 74.0 Å². The van der Waals surface area contributed by atoms with Crippen molar-refractivity contribution in [2.24, 2.45) is 4.99 Å². The first-order valence-corrected chi connectivity index (χ1v) is 6.71. The molecule has 2 rings (SSSR count). The Morgan fingerprint density at radius 1 is 1.32 bits per heavy atom. The highest BCUT2D eigenvalue weighted by Gasteiger charge is 2.02. The van der Waals surface area contributed by atoms with Crippen LogP contribution in [0, 0.1) is 11.5 Å². The highest BCUT2D eigenvalue weighted by atomic mass is 32.2. The van der Waals surface area contributed by atoms with Crippen molar-refractivity contribution < 1.29 is 0 Å². The molecule has 1 heterocycles. The molecular formula is C13H11N5S. The van der Waals surface area contributed by atoms with E-state index < -0.39 is 0 Å². The van der Waals surface area contributed by atoms with Crippen molar-refractivity contribution in [1.29, 1.82) is 5.26 Å². The second-order valence-corrected chi connectivity index (χ2v) is 4.28. The van der Waals surface area contributed by atoms with Crippen LogP contribution in [-0.2, 0) is 0 Å². The van der Waals surface area contributed by atoms with Gasteiger partial charge in [0, 0.05) is 18.0 Å². The molecule has 2 aromatic rings. The van der Waals surface area contributed by atoms with E-state index in [1.807, 2.05) is 36.7 Å². The molecule has 0 aliphatic rings. The Labute approximate surface area is 115 Å². The van der Waals surface area contributed by atoms with Gasteiger partial charge in [-0.2, -0.15) is 5.26 Å². The van der Waals surface area contributed by atoms with Gasteiger partial charge in [-0.05, 0) is 24.5 Å². The summed E-state index contributed by atoms with van der Waals surface area (Å²) >= 11 is 1.38. The molecule has 1 N–H and O–H groups in total. The molecule has 0 aliphatic carbocycles. The van der Waals surface area contributed by atoms with Crippen LogP contribution in [-0.4, -0.2) is 21.4 Å². The zero-order valence-electron chi connectivity index (χ0n) is 10.2. The predicted molar refractivity (Wildman–Crippen MR) is 76.8 cm³/mol. The molecule has 1 aromatic carbocycles. The van der Waals surface area contributed by atoms with Crippen molar-refractivity contribution in [2.45, 2.75) is 0 Å². The number of hydrogen-bond acceptors (Lipinski definition) is 5. The van der Waals surface area contributed by atoms with E-state index in [-0.39, 0.29) is 0 Å². The molecule has 0 saturated heterocycles. The van der Waals surface area contributed by atoms with E-state index >= 15 is 0 Å². The molecule has 0 atom stereocenters. The van der Waals surface area contributed by atoms with Gasteiger partial charge in [0.05, 0.1) is 5.69 Å². The average Bonchev–Trinajstić information content (AvgIpc) is 2.48. The lowest BCUT2D eigenvalue weighted by atomic mass is 10.2. The fourth-order valence-corrected chi connectivity index (χ4v) is 1.80. The van der Waals surface area contributed by atoms with Crippen molar-refractivity contribution in [3.05, 3.63) is 42.7 Å². The number of nitrogens with one attached hydrogen (secondary N) is 1. The van der Waals surface area contributed by atoms with Crippen LogP contribution in [0.4, 0.5) is 5.69 Å². The fraction of sp³-hybridized carbons (Fsp3) is 0.0769. The minimum atomic E-state index is 0.550. The van der Waals surface area contributed by atoms with Crippen molar-refractivity contribution in [1.82, 2.24) is 15.3 Å². The summed E-state index contributed by atoms with van der Waals surface area (Å²) < 4.78 is 0. The van der Waals surface area contributed by atoms with E-state index in [1.165, 1.54) is 11.8 Å². The summed E-state index contributed by atoms with van der Waals surface area (Å²) in [5.41, 5.74) is 1.64. The van der Waals surface area contributed by atoms with Crippen LogP contribution < -0.4 is 5.32 Å². The number of nitrogens with zero attached hydrogens (tertiary/aromatic N) is 4. The van der Waals surface area contributed by atoms with Gasteiger partial charge in [-0.25, -0.2) is 15.0 Å². The second-order valence-electron chi connectivity index (χ2n) is 3.48. The van der Waals surface area contributed by atoms with Gasteiger partial charge in [0.25, 0.3) is 0 Å². The molecule has 0 bridgehead atoms. The van der Waals surface area contributed by atoms with E-state index in [9.17, 15) is 0 Å². The maximum Gasteiger partial charge on any atom is 0.183 e. The number of amidine groups is 1. The summed E-state index contributed by atoms with van der Waals surface area (Å²) in [5.74, 6) is 0.651. The lowest BCUT2D eigenvalue weighted by molar-refractivity contribution is 1.17. The first kappa shape index (κ1) is 13.1. The Balaban J connectivity index is 2.33. The van der Waals surface area contributed by atoms with Crippen LogP contribution >= 0.6 is 11.8 Å². The Morgan fingerprint density at radius 2 is 2.11 bits per heavy atom. The van der Waals surface area contributed by atoms with Gasteiger partial charge in [0.2, 0.25) is 0 Å². The number of thioether (sulfide) groups is 1. The molecule has 0 spiro atoms. The van der Waals surface area contributed by atoms with E-state index in [1.54, 1.807) is 18.5 Å². The third kappa shape index (κ3) is 3.53. The molecule has 0 saturated carbocycles. The van der Waals surface area contributed by atoms with Crippen LogP contribution in [0.15, 0.2) is 47.7 Å². The van der Waals surface area contributed by atoms with Crippen molar-refractivity contribution >= 4 is 22.6 Å². The Hall–Kier alpha value is -2.39. The maximum atomic E-state index is 8.60. The van der Waals surface area contributed by atoms with Crippen LogP contribution in [0.2, 0.25) is 0 Å². The molecule has 0 fully saturated rings. The third-order valence-electron chi connectivity index (χ3n) is 2.26. The van der Waals surface area contributed by atoms with Crippen LogP contribution in [0.3, 0.4) is 0 Å². The maximum absolute atomic E-state index is 8.60. The summed E-state index contributed by atoms with van der Waals surface area (Å²) in [6.07, 6.45) is 7.11. The van der Waals surface area contributed by atoms with Gasteiger partial charge >= 0.3 is 0 Å². The number of hydrogen-bond donors (Lipinski definition) is 1. The molecule has 6 heteroatoms. The minimum Gasteiger partial charge on any atom is -0.271 e. The van der Waals surface area contributed by atoms with Gasteiger partial charge in [-0.3, -0.25) is 5.32 Å². The second kappa shape index (κ2) is 6.52. The molecule has 0 radical (unpaired) electrons. The van der Waals surface area contributed by atoms with Gasteiger partial charge in [-0.1, -0.05) is 23.9 Å². The molecule has 19 heavy (non-hydrogen) atoms. The summed E-state index contributed by atoms with van der Waals surface area (Å²) in [6.45, 7) is 0. The zero-order valence-corrected chi connectivity index (χ0v) is 11.1. The SMILES string of the molecule is CSC(=Nc1cccc(-c2ncccn2)c1)NC#N. The highest BCUT2D eigenvalue weighted by molar-refractivity contribution is 8.13. The van der Waals surface area contributed by atoms with E-state index in [2.05, 4.69) is 20.3 Å². The quantitative estimate of drug-likeness (QED) is 0.392. The van der Waals surface area contributed by atoms with Gasteiger partial charge < -0.3 is 0 Å². The summed E-state index contributed by atoms with van der Waals surface area (Å²) in [5, 5.41) is 11.7. The van der Waals surface area contributed by atoms with Crippen molar-refractivity contribution in [3.63, 3.8) is 0 Å². The van der Waals surface area contributed by atoms with E-state index in [4.69, 9.17) is 5.26 Å². The van der Waals surface area contributed by atoms with Gasteiger partial charge in [0.1, 0.15) is 0 Å². The Bertz CT molecular complexity index is 618. The standard InChI is InChI=1S/C13H11N5S/c1-19-13(17-9-14)18-11-5-2-4-10(8-11)12-15-6-3-7-16-12/h2-8H,1H3,(H,17,18). The molecule has 94 valence electrons. The van der Waals surface area contributed by atoms with Gasteiger partial charge in [-0.15, -0.1) is 0 Å². The van der Waals surface area contributed by atoms with Crippen molar-refractivity contribution in [2.75, 3.05) is 6.26 Å². The number of nitriles is 1. The lowest BCUT2D eigenvalue weighted by Crippen LogP contribution is -2.12. The first-order valence-electron chi connectivity index (χ1n) is 5.48. The van der Waals surface area contributed by atoms with E-state index in [0.29, 0.717) is 11.0 Å². The number of benzene rings is 1. The monoisotopic (exact) mass is 269 g/mol. The van der Waals surface area contributed by atoms with E-state index in [0.717, 1.165) is 11.3 Å². The van der Waals surface area contributed by atoms with Crippen LogP contribution in [0.5, 0.6) is 0 Å². The molecule has 5 nitrogen and oxygen atoms in total. The Morgan fingerprint density at radius 3 is 2.79 bits per heavy atom. The number of aliphatic imine (C=N–C) groups is 1. The highest BCUT2D eigenvalue weighted by Crippen LogP contribution is 2.21.